The predicted octanol–water partition coefficient (Wildman–Crippen LogP) is 0.184. The molecule has 3 N–H and O–H groups in total. The Hall–Kier alpha value is -1.40. The average molecular weight is 228 g/mol. The fourth-order valence-electron chi connectivity index (χ4n) is 0.844. The highest BCUT2D eigenvalue weighted by molar-refractivity contribution is 7.08. The molecule has 6 heteroatoms. The first-order valence-electron chi connectivity index (χ1n) is 4.39. The zero-order valence-electron chi connectivity index (χ0n) is 8.19. The lowest BCUT2D eigenvalue weighted by Gasteiger charge is -2.06. The van der Waals surface area contributed by atoms with E-state index < -0.39 is 17.9 Å². The van der Waals surface area contributed by atoms with Crippen LogP contribution in [-0.4, -0.2) is 29.6 Å². The molecule has 0 aromatic carbocycles. The summed E-state index contributed by atoms with van der Waals surface area (Å²) in [6.07, 6.45) is -0.664. The number of hydrogen-bond donors (Lipinski definition) is 3. The summed E-state index contributed by atoms with van der Waals surface area (Å²) in [6.45, 7) is 1.59. The van der Waals surface area contributed by atoms with Gasteiger partial charge < -0.3 is 15.7 Å². The van der Waals surface area contributed by atoms with E-state index >= 15 is 0 Å². The van der Waals surface area contributed by atoms with E-state index in [1.807, 2.05) is 0 Å². The number of aliphatic hydroxyl groups excluding tert-OH is 1. The lowest BCUT2D eigenvalue weighted by molar-refractivity contribution is -0.136. The van der Waals surface area contributed by atoms with Crippen molar-refractivity contribution in [1.82, 2.24) is 5.32 Å². The van der Waals surface area contributed by atoms with Crippen LogP contribution in [0.2, 0.25) is 0 Å². The topological polar surface area (TPSA) is 78.4 Å². The Morgan fingerprint density at radius 3 is 2.80 bits per heavy atom. The highest BCUT2D eigenvalue weighted by Gasteiger charge is 2.13. The predicted molar refractivity (Wildman–Crippen MR) is 57.6 cm³/mol. The standard InChI is InChI=1S/C9H12N2O3S/c1-6(12)4-10-8(13)9(14)11-7-2-3-15-5-7/h2-3,5-6,12H,4H2,1H3,(H,10,13)(H,11,14). The smallest absolute Gasteiger partial charge is 0.313 e. The van der Waals surface area contributed by atoms with E-state index in [1.165, 1.54) is 18.3 Å². The SMILES string of the molecule is CC(O)CNC(=O)C(=O)Nc1ccsc1. The molecule has 1 aromatic heterocycles. The molecule has 0 aliphatic heterocycles. The normalized spacial score (nSPS) is 11.9. The Morgan fingerprint density at radius 2 is 2.27 bits per heavy atom. The number of nitrogens with one attached hydrogen (secondary N) is 2. The monoisotopic (exact) mass is 228 g/mol. The van der Waals surface area contributed by atoms with Gasteiger partial charge in [-0.2, -0.15) is 11.3 Å². The fourth-order valence-corrected chi connectivity index (χ4v) is 1.43. The van der Waals surface area contributed by atoms with Gasteiger partial charge in [-0.05, 0) is 18.4 Å². The van der Waals surface area contributed by atoms with Crippen molar-refractivity contribution in [3.63, 3.8) is 0 Å². The van der Waals surface area contributed by atoms with Crippen LogP contribution in [0.1, 0.15) is 6.92 Å². The van der Waals surface area contributed by atoms with Gasteiger partial charge in [-0.3, -0.25) is 9.59 Å². The third-order valence-corrected chi connectivity index (χ3v) is 2.23. The number of carbonyl (C=O) groups excluding carboxylic acids is 2. The maximum absolute atomic E-state index is 11.2. The maximum atomic E-state index is 11.2. The molecule has 1 aromatic rings. The molecular weight excluding hydrogens is 216 g/mol. The summed E-state index contributed by atoms with van der Waals surface area (Å²) < 4.78 is 0. The second-order valence-electron chi connectivity index (χ2n) is 3.03. The first-order valence-corrected chi connectivity index (χ1v) is 5.33. The van der Waals surface area contributed by atoms with Crippen molar-refractivity contribution < 1.29 is 14.7 Å². The first kappa shape index (κ1) is 11.7. The molecule has 0 radical (unpaired) electrons. The van der Waals surface area contributed by atoms with E-state index in [-0.39, 0.29) is 6.54 Å². The summed E-state index contributed by atoms with van der Waals surface area (Å²) in [4.78, 5) is 22.4. The highest BCUT2D eigenvalue weighted by Crippen LogP contribution is 2.11. The molecule has 15 heavy (non-hydrogen) atoms. The van der Waals surface area contributed by atoms with Gasteiger partial charge in [0.15, 0.2) is 0 Å². The lowest BCUT2D eigenvalue weighted by atomic mass is 10.4. The molecule has 0 fully saturated rings. The molecular formula is C9H12N2O3S. The molecule has 1 atom stereocenters. The van der Waals surface area contributed by atoms with Gasteiger partial charge in [-0.15, -0.1) is 0 Å². The average Bonchev–Trinajstić information content (AvgIpc) is 2.66. The second-order valence-corrected chi connectivity index (χ2v) is 3.81. The summed E-state index contributed by atoms with van der Waals surface area (Å²) in [7, 11) is 0. The Kier molecular flexibility index (Phi) is 4.26. The van der Waals surface area contributed by atoms with E-state index in [1.54, 1.807) is 16.8 Å². The summed E-state index contributed by atoms with van der Waals surface area (Å²) in [5.74, 6) is -1.48. The third kappa shape index (κ3) is 4.09. The molecule has 1 heterocycles. The van der Waals surface area contributed by atoms with Gasteiger partial charge in [-0.25, -0.2) is 0 Å². The number of anilines is 1. The summed E-state index contributed by atoms with van der Waals surface area (Å²) in [5.41, 5.74) is 0.595. The number of amides is 2. The minimum Gasteiger partial charge on any atom is -0.392 e. The van der Waals surface area contributed by atoms with Crippen molar-refractivity contribution in [1.29, 1.82) is 0 Å². The Labute approximate surface area is 91.1 Å². The van der Waals surface area contributed by atoms with Crippen LogP contribution in [0.25, 0.3) is 0 Å². The highest BCUT2D eigenvalue weighted by atomic mass is 32.1. The van der Waals surface area contributed by atoms with Crippen molar-refractivity contribution in [3.8, 4) is 0 Å². The second kappa shape index (κ2) is 5.47. The van der Waals surface area contributed by atoms with Crippen LogP contribution in [-0.2, 0) is 9.59 Å². The van der Waals surface area contributed by atoms with E-state index in [9.17, 15) is 9.59 Å². The van der Waals surface area contributed by atoms with Crippen molar-refractivity contribution in [3.05, 3.63) is 16.8 Å². The Bertz CT molecular complexity index is 335. The van der Waals surface area contributed by atoms with Crippen molar-refractivity contribution in [2.45, 2.75) is 13.0 Å². The van der Waals surface area contributed by atoms with Crippen molar-refractivity contribution in [2.75, 3.05) is 11.9 Å². The van der Waals surface area contributed by atoms with Gasteiger partial charge in [0.2, 0.25) is 0 Å². The quantitative estimate of drug-likeness (QED) is 0.646. The Morgan fingerprint density at radius 1 is 1.53 bits per heavy atom. The molecule has 0 saturated carbocycles. The summed E-state index contributed by atoms with van der Waals surface area (Å²) >= 11 is 1.43. The number of carbonyl (C=O) groups is 2. The summed E-state index contributed by atoms with van der Waals surface area (Å²) in [5, 5.41) is 17.1. The molecule has 0 spiro atoms. The van der Waals surface area contributed by atoms with Gasteiger partial charge in [-0.1, -0.05) is 0 Å². The van der Waals surface area contributed by atoms with Crippen LogP contribution in [0.15, 0.2) is 16.8 Å². The maximum Gasteiger partial charge on any atom is 0.313 e. The van der Waals surface area contributed by atoms with Gasteiger partial charge in [0.25, 0.3) is 0 Å². The number of hydrogen-bond acceptors (Lipinski definition) is 4. The van der Waals surface area contributed by atoms with Crippen molar-refractivity contribution in [2.24, 2.45) is 0 Å². The van der Waals surface area contributed by atoms with Crippen LogP contribution >= 0.6 is 11.3 Å². The molecule has 5 nitrogen and oxygen atoms in total. The van der Waals surface area contributed by atoms with Crippen LogP contribution in [0.5, 0.6) is 0 Å². The molecule has 2 amide bonds. The van der Waals surface area contributed by atoms with Crippen molar-refractivity contribution >= 4 is 28.8 Å². The number of aliphatic hydroxyl groups is 1. The zero-order chi connectivity index (χ0) is 11.3. The zero-order valence-corrected chi connectivity index (χ0v) is 9.00. The van der Waals surface area contributed by atoms with Crippen LogP contribution in [0.3, 0.4) is 0 Å². The molecule has 0 bridgehead atoms. The lowest BCUT2D eigenvalue weighted by Crippen LogP contribution is -2.38. The molecule has 82 valence electrons. The Balaban J connectivity index is 2.37. The fraction of sp³-hybridized carbons (Fsp3) is 0.333. The van der Waals surface area contributed by atoms with E-state index in [0.29, 0.717) is 5.69 Å². The van der Waals surface area contributed by atoms with Crippen LogP contribution in [0, 0.1) is 0 Å². The molecule has 0 aliphatic rings. The molecule has 0 aliphatic carbocycles. The van der Waals surface area contributed by atoms with E-state index in [0.717, 1.165) is 0 Å². The van der Waals surface area contributed by atoms with E-state index in [2.05, 4.69) is 10.6 Å². The van der Waals surface area contributed by atoms with Gasteiger partial charge in [0, 0.05) is 11.9 Å². The summed E-state index contributed by atoms with van der Waals surface area (Å²) in [6, 6.07) is 1.70. The van der Waals surface area contributed by atoms with Gasteiger partial charge in [0.05, 0.1) is 11.8 Å². The van der Waals surface area contributed by atoms with E-state index in [4.69, 9.17) is 5.11 Å². The molecule has 1 rings (SSSR count). The largest absolute Gasteiger partial charge is 0.392 e. The number of rotatable bonds is 3. The van der Waals surface area contributed by atoms with Gasteiger partial charge >= 0.3 is 11.8 Å². The molecule has 1 unspecified atom stereocenters. The van der Waals surface area contributed by atoms with Crippen LogP contribution in [0.4, 0.5) is 5.69 Å². The first-order chi connectivity index (χ1) is 7.09. The third-order valence-electron chi connectivity index (χ3n) is 1.54. The van der Waals surface area contributed by atoms with Gasteiger partial charge in [0.1, 0.15) is 0 Å². The van der Waals surface area contributed by atoms with Crippen LogP contribution < -0.4 is 10.6 Å². The minimum absolute atomic E-state index is 0.0654. The molecule has 0 saturated heterocycles. The number of thiophene rings is 1. The minimum atomic E-state index is -0.748.